The Hall–Kier alpha value is -1.10. The molecule has 1 aromatic rings. The molecule has 8 heteroatoms. The average molecular weight is 398 g/mol. The lowest BCUT2D eigenvalue weighted by molar-refractivity contribution is -0.416. The zero-order valence-corrected chi connectivity index (χ0v) is 17.7. The molecule has 0 saturated carbocycles. The van der Waals surface area contributed by atoms with Gasteiger partial charge in [-0.15, -0.1) is 0 Å². The Morgan fingerprint density at radius 1 is 0.571 bits per heavy atom. The molecular formula is C20H30O8. The monoisotopic (exact) mass is 398 g/mol. The molecule has 2 aliphatic heterocycles. The molecule has 2 unspecified atom stereocenters. The lowest BCUT2D eigenvalue weighted by Crippen LogP contribution is -2.42. The van der Waals surface area contributed by atoms with E-state index in [1.807, 2.05) is 79.7 Å². The van der Waals surface area contributed by atoms with Gasteiger partial charge in [0.1, 0.15) is 0 Å². The van der Waals surface area contributed by atoms with E-state index >= 15 is 0 Å². The summed E-state index contributed by atoms with van der Waals surface area (Å²) in [5, 5.41) is 0. The highest BCUT2D eigenvalue weighted by molar-refractivity contribution is 5.38. The van der Waals surface area contributed by atoms with Crippen LogP contribution in [-0.2, 0) is 50.3 Å². The molecule has 2 fully saturated rings. The summed E-state index contributed by atoms with van der Waals surface area (Å²) in [5.74, 6) is 0. The Kier molecular flexibility index (Phi) is 5.63. The fourth-order valence-corrected chi connectivity index (χ4v) is 2.62. The summed E-state index contributed by atoms with van der Waals surface area (Å²) >= 11 is 0. The summed E-state index contributed by atoms with van der Waals surface area (Å²) in [4.78, 5) is 43.4. The van der Waals surface area contributed by atoms with E-state index in [4.69, 9.17) is 39.1 Å². The van der Waals surface area contributed by atoms with E-state index in [2.05, 4.69) is 0 Å². The van der Waals surface area contributed by atoms with Crippen LogP contribution >= 0.6 is 0 Å². The van der Waals surface area contributed by atoms with Gasteiger partial charge in [-0.2, -0.15) is 19.6 Å². The standard InChI is InChI=1S/C20H30O8/c1-17(2,3)25-27-19(7,15-21-22-15)13-11-9-10-12-14(13)20(8,16-23-24-16)28-26-18(4,5)6/h9-12,15-16H,1-8H3. The zero-order chi connectivity index (χ0) is 20.8. The maximum atomic E-state index is 5.86. The largest absolute Gasteiger partial charge is 0.260 e. The first-order chi connectivity index (χ1) is 12.9. The summed E-state index contributed by atoms with van der Waals surface area (Å²) in [6.07, 6.45) is -1.27. The number of rotatable bonds is 8. The first-order valence-electron chi connectivity index (χ1n) is 9.33. The van der Waals surface area contributed by atoms with Gasteiger partial charge in [0.05, 0.1) is 11.2 Å². The predicted molar refractivity (Wildman–Crippen MR) is 96.9 cm³/mol. The van der Waals surface area contributed by atoms with Crippen molar-refractivity contribution in [2.45, 2.75) is 90.4 Å². The molecule has 0 radical (unpaired) electrons. The normalized spacial score (nSPS) is 22.6. The summed E-state index contributed by atoms with van der Waals surface area (Å²) in [6.45, 7) is 15.0. The molecule has 1 aromatic carbocycles. The predicted octanol–water partition coefficient (Wildman–Crippen LogP) is 4.19. The van der Waals surface area contributed by atoms with Crippen LogP contribution in [-0.4, -0.2) is 23.8 Å². The van der Waals surface area contributed by atoms with Gasteiger partial charge in [0.2, 0.25) is 0 Å². The van der Waals surface area contributed by atoms with E-state index in [-0.39, 0.29) is 0 Å². The summed E-state index contributed by atoms with van der Waals surface area (Å²) in [5.41, 5.74) is -1.70. The average Bonchev–Trinajstić information content (AvgIpc) is 3.47. The van der Waals surface area contributed by atoms with E-state index in [1.165, 1.54) is 0 Å². The van der Waals surface area contributed by atoms with Crippen molar-refractivity contribution in [1.82, 2.24) is 0 Å². The van der Waals surface area contributed by atoms with Crippen molar-refractivity contribution in [2.75, 3.05) is 0 Å². The molecule has 28 heavy (non-hydrogen) atoms. The molecule has 0 aromatic heterocycles. The van der Waals surface area contributed by atoms with Crippen LogP contribution in [0.2, 0.25) is 0 Å². The SMILES string of the molecule is CC(C)(C)OOC(C)(c1ccccc1C(C)(OOC(C)(C)C)C1OO1)C1OO1. The summed E-state index contributed by atoms with van der Waals surface area (Å²) < 4.78 is 0. The van der Waals surface area contributed by atoms with Crippen molar-refractivity contribution in [2.24, 2.45) is 0 Å². The van der Waals surface area contributed by atoms with Gasteiger partial charge in [-0.1, -0.05) is 24.3 Å². The maximum Gasteiger partial charge on any atom is 0.260 e. The Labute approximate surface area is 165 Å². The quantitative estimate of drug-likeness (QED) is 0.366. The van der Waals surface area contributed by atoms with E-state index < -0.39 is 35.0 Å². The molecule has 0 aliphatic carbocycles. The smallest absolute Gasteiger partial charge is 0.230 e. The Balaban J connectivity index is 1.98. The number of hydrogen-bond donors (Lipinski definition) is 0. The highest BCUT2D eigenvalue weighted by Crippen LogP contribution is 2.47. The molecule has 0 N–H and O–H groups in total. The third-order valence-electron chi connectivity index (χ3n) is 4.21. The van der Waals surface area contributed by atoms with E-state index in [1.54, 1.807) is 0 Å². The minimum absolute atomic E-state index is 0.525. The van der Waals surface area contributed by atoms with Crippen LogP contribution in [0.1, 0.15) is 66.5 Å². The molecule has 3 rings (SSSR count). The topological polar surface area (TPSA) is 87.0 Å². The van der Waals surface area contributed by atoms with Gasteiger partial charge in [0, 0.05) is 0 Å². The van der Waals surface area contributed by atoms with E-state index in [9.17, 15) is 0 Å². The zero-order valence-electron chi connectivity index (χ0n) is 17.7. The van der Waals surface area contributed by atoms with E-state index in [0.29, 0.717) is 0 Å². The summed E-state index contributed by atoms with van der Waals surface area (Å²) in [7, 11) is 0. The molecule has 2 heterocycles. The van der Waals surface area contributed by atoms with Crippen LogP contribution in [0, 0.1) is 0 Å². The van der Waals surface area contributed by atoms with Gasteiger partial charge in [-0.25, -0.2) is 19.6 Å². The number of hydrogen-bond acceptors (Lipinski definition) is 8. The van der Waals surface area contributed by atoms with Crippen molar-refractivity contribution < 1.29 is 39.1 Å². The van der Waals surface area contributed by atoms with Crippen molar-refractivity contribution in [3.63, 3.8) is 0 Å². The second kappa shape index (κ2) is 7.30. The van der Waals surface area contributed by atoms with Crippen LogP contribution in [0.3, 0.4) is 0 Å². The Morgan fingerprint density at radius 3 is 1.14 bits per heavy atom. The molecule has 2 atom stereocenters. The highest BCUT2D eigenvalue weighted by Gasteiger charge is 2.57. The van der Waals surface area contributed by atoms with Gasteiger partial charge in [-0.05, 0) is 66.5 Å². The third kappa shape index (κ3) is 4.90. The van der Waals surface area contributed by atoms with Gasteiger partial charge < -0.3 is 0 Å². The lowest BCUT2D eigenvalue weighted by Gasteiger charge is -2.35. The maximum absolute atomic E-state index is 5.86. The van der Waals surface area contributed by atoms with E-state index in [0.717, 1.165) is 11.1 Å². The number of benzene rings is 1. The minimum atomic E-state index is -1.06. The minimum Gasteiger partial charge on any atom is -0.230 e. The van der Waals surface area contributed by atoms with Crippen molar-refractivity contribution in [3.8, 4) is 0 Å². The molecule has 0 bridgehead atoms. The molecule has 2 aliphatic rings. The van der Waals surface area contributed by atoms with Crippen molar-refractivity contribution in [1.29, 1.82) is 0 Å². The van der Waals surface area contributed by atoms with Crippen molar-refractivity contribution in [3.05, 3.63) is 35.4 Å². The van der Waals surface area contributed by atoms with Crippen LogP contribution in [0.15, 0.2) is 24.3 Å². The van der Waals surface area contributed by atoms with Crippen LogP contribution in [0.4, 0.5) is 0 Å². The molecule has 0 amide bonds. The first kappa shape index (κ1) is 21.6. The molecule has 2 saturated heterocycles. The van der Waals surface area contributed by atoms with Crippen LogP contribution < -0.4 is 0 Å². The van der Waals surface area contributed by atoms with Gasteiger partial charge in [0.15, 0.2) is 11.2 Å². The second-order valence-corrected chi connectivity index (χ2v) is 9.37. The lowest BCUT2D eigenvalue weighted by atomic mass is 9.83. The van der Waals surface area contributed by atoms with Gasteiger partial charge >= 0.3 is 0 Å². The fraction of sp³-hybridized carbons (Fsp3) is 0.700. The van der Waals surface area contributed by atoms with Gasteiger partial charge in [-0.3, -0.25) is 0 Å². The first-order valence-corrected chi connectivity index (χ1v) is 9.33. The summed E-state index contributed by atoms with van der Waals surface area (Å²) in [6, 6.07) is 7.57. The third-order valence-corrected chi connectivity index (χ3v) is 4.21. The Bertz CT molecular complexity index is 627. The second-order valence-electron chi connectivity index (χ2n) is 9.37. The molecule has 0 spiro atoms. The fourth-order valence-electron chi connectivity index (χ4n) is 2.62. The molecule has 8 nitrogen and oxygen atoms in total. The van der Waals surface area contributed by atoms with Crippen LogP contribution in [0.25, 0.3) is 0 Å². The Morgan fingerprint density at radius 2 is 0.893 bits per heavy atom. The molecular weight excluding hydrogens is 368 g/mol. The van der Waals surface area contributed by atoms with Crippen LogP contribution in [0.5, 0.6) is 0 Å². The highest BCUT2D eigenvalue weighted by atomic mass is 17.4. The molecule has 158 valence electrons. The van der Waals surface area contributed by atoms with Gasteiger partial charge in [0.25, 0.3) is 12.6 Å². The van der Waals surface area contributed by atoms with Crippen molar-refractivity contribution >= 4 is 0 Å².